The zero-order valence-corrected chi connectivity index (χ0v) is 17.2. The third kappa shape index (κ3) is 3.84. The van der Waals surface area contributed by atoms with E-state index in [4.69, 9.17) is 16.3 Å². The summed E-state index contributed by atoms with van der Waals surface area (Å²) in [6, 6.07) is 9.42. The molecule has 2 aromatic rings. The molecule has 0 spiro atoms. The van der Waals surface area contributed by atoms with Crippen LogP contribution in [0.3, 0.4) is 0 Å². The van der Waals surface area contributed by atoms with Crippen molar-refractivity contribution in [2.24, 2.45) is 0 Å². The maximum absolute atomic E-state index is 12.7. The molecule has 2 unspecified atom stereocenters. The van der Waals surface area contributed by atoms with Gasteiger partial charge < -0.3 is 15.4 Å². The smallest absolute Gasteiger partial charge is 0.238 e. The Bertz CT molecular complexity index is 963. The highest BCUT2D eigenvalue weighted by Crippen LogP contribution is 2.39. The van der Waals surface area contributed by atoms with Crippen molar-refractivity contribution in [2.45, 2.75) is 42.9 Å². The second-order valence-electron chi connectivity index (χ2n) is 7.20. The van der Waals surface area contributed by atoms with Crippen molar-refractivity contribution in [3.05, 3.63) is 52.0 Å². The lowest BCUT2D eigenvalue weighted by Crippen LogP contribution is -2.37. The van der Waals surface area contributed by atoms with Crippen molar-refractivity contribution >= 4 is 40.9 Å². The van der Waals surface area contributed by atoms with E-state index in [1.807, 2.05) is 19.9 Å². The molecule has 7 heteroatoms. The number of carbonyl (C=O) groups excluding carboxylic acids is 2. The van der Waals surface area contributed by atoms with Crippen LogP contribution in [0.2, 0.25) is 5.02 Å². The van der Waals surface area contributed by atoms with Gasteiger partial charge in [0.2, 0.25) is 11.8 Å². The third-order valence-electron chi connectivity index (χ3n) is 4.94. The maximum atomic E-state index is 12.7. The van der Waals surface area contributed by atoms with Crippen LogP contribution in [0.5, 0.6) is 5.75 Å². The summed E-state index contributed by atoms with van der Waals surface area (Å²) in [4.78, 5) is 26.0. The fourth-order valence-corrected chi connectivity index (χ4v) is 4.97. The normalized spacial score (nSPS) is 20.5. The molecule has 0 saturated heterocycles. The minimum atomic E-state index is -0.466. The summed E-state index contributed by atoms with van der Waals surface area (Å²) in [6.45, 7) is 4.62. The summed E-state index contributed by atoms with van der Waals surface area (Å²) in [5, 5.41) is 6.05. The largest absolute Gasteiger partial charge is 0.493 e. The minimum Gasteiger partial charge on any atom is -0.493 e. The van der Waals surface area contributed by atoms with Gasteiger partial charge in [-0.2, -0.15) is 0 Å². The summed E-state index contributed by atoms with van der Waals surface area (Å²) in [7, 11) is 0. The van der Waals surface area contributed by atoms with E-state index in [1.54, 1.807) is 12.1 Å². The van der Waals surface area contributed by atoms with Gasteiger partial charge in [0, 0.05) is 28.3 Å². The van der Waals surface area contributed by atoms with Crippen LogP contribution in [0.4, 0.5) is 5.69 Å². The van der Waals surface area contributed by atoms with Crippen LogP contribution in [-0.2, 0) is 9.59 Å². The van der Waals surface area contributed by atoms with Gasteiger partial charge in [-0.05, 0) is 37.6 Å². The maximum Gasteiger partial charge on any atom is 0.238 e. The zero-order valence-electron chi connectivity index (χ0n) is 15.7. The molecule has 2 aliphatic heterocycles. The van der Waals surface area contributed by atoms with Crippen molar-refractivity contribution < 1.29 is 14.3 Å². The molecule has 2 aliphatic rings. The average molecular weight is 417 g/mol. The van der Waals surface area contributed by atoms with Gasteiger partial charge in [0.05, 0.1) is 23.6 Å². The lowest BCUT2D eigenvalue weighted by Gasteiger charge is -2.29. The number of carbonyl (C=O) groups is 2. The predicted molar refractivity (Wildman–Crippen MR) is 111 cm³/mol. The summed E-state index contributed by atoms with van der Waals surface area (Å²) < 4.78 is 5.81. The first-order valence-corrected chi connectivity index (χ1v) is 10.5. The number of fused-ring (bicyclic) bond motifs is 2. The highest BCUT2D eigenvalue weighted by molar-refractivity contribution is 8.01. The van der Waals surface area contributed by atoms with Crippen LogP contribution in [0.25, 0.3) is 0 Å². The molecule has 146 valence electrons. The number of anilines is 1. The second-order valence-corrected chi connectivity index (χ2v) is 8.88. The Hall–Kier alpha value is -2.18. The van der Waals surface area contributed by atoms with Gasteiger partial charge >= 0.3 is 0 Å². The third-order valence-corrected chi connectivity index (χ3v) is 6.45. The van der Waals surface area contributed by atoms with Crippen LogP contribution < -0.4 is 15.4 Å². The number of amides is 2. The topological polar surface area (TPSA) is 67.4 Å². The molecule has 28 heavy (non-hydrogen) atoms. The van der Waals surface area contributed by atoms with Gasteiger partial charge in [-0.1, -0.05) is 29.3 Å². The van der Waals surface area contributed by atoms with Gasteiger partial charge in [0.15, 0.2) is 0 Å². The molecule has 0 bridgehead atoms. The van der Waals surface area contributed by atoms with E-state index in [0.717, 1.165) is 27.3 Å². The minimum absolute atomic E-state index is 0.0994. The molecule has 0 radical (unpaired) electrons. The highest BCUT2D eigenvalue weighted by atomic mass is 35.5. The number of rotatable bonds is 3. The molecular formula is C21H21ClN2O3S. The SMILES string of the molecule is Cc1cc(C)c2c(c1)C(NC(=O)CC1Sc3ccc(Cl)cc3NC1=O)CCO2. The zero-order chi connectivity index (χ0) is 19.8. The van der Waals surface area contributed by atoms with Gasteiger partial charge in [-0.25, -0.2) is 0 Å². The Kier molecular flexibility index (Phi) is 5.25. The number of benzene rings is 2. The standard InChI is InChI=1S/C21H21ClN2O3S/c1-11-7-12(2)20-14(8-11)15(5-6-27-20)23-19(25)10-18-21(26)24-16-9-13(22)3-4-17(16)28-18/h3-4,7-9,15,18H,5-6,10H2,1-2H3,(H,23,25)(H,24,26). The molecule has 0 aromatic heterocycles. The molecule has 0 aliphatic carbocycles. The van der Waals surface area contributed by atoms with Crippen molar-refractivity contribution in [3.63, 3.8) is 0 Å². The van der Waals surface area contributed by atoms with Crippen molar-refractivity contribution in [2.75, 3.05) is 11.9 Å². The summed E-state index contributed by atoms with van der Waals surface area (Å²) >= 11 is 7.38. The molecule has 2 aromatic carbocycles. The molecule has 0 fully saturated rings. The predicted octanol–water partition coefficient (Wildman–Crippen LogP) is 4.40. The number of hydrogen-bond donors (Lipinski definition) is 2. The summed E-state index contributed by atoms with van der Waals surface area (Å²) in [6.07, 6.45) is 0.836. The number of hydrogen-bond acceptors (Lipinski definition) is 4. The van der Waals surface area contributed by atoms with Crippen molar-refractivity contribution in [1.82, 2.24) is 5.32 Å². The molecule has 2 atom stereocenters. The van der Waals surface area contributed by atoms with E-state index in [-0.39, 0.29) is 24.3 Å². The number of aryl methyl sites for hydroxylation is 2. The molecule has 2 heterocycles. The van der Waals surface area contributed by atoms with Crippen LogP contribution >= 0.6 is 23.4 Å². The lowest BCUT2D eigenvalue weighted by molar-refractivity contribution is -0.124. The Balaban J connectivity index is 1.46. The number of thioether (sulfide) groups is 1. The summed E-state index contributed by atoms with van der Waals surface area (Å²) in [5.41, 5.74) is 3.92. The monoisotopic (exact) mass is 416 g/mol. The van der Waals surface area contributed by atoms with Crippen LogP contribution in [0.15, 0.2) is 35.2 Å². The fourth-order valence-electron chi connectivity index (χ4n) is 3.71. The number of halogens is 1. The number of ether oxygens (including phenoxy) is 1. The Labute approximate surface area is 173 Å². The van der Waals surface area contributed by atoms with Crippen molar-refractivity contribution in [1.29, 1.82) is 0 Å². The van der Waals surface area contributed by atoms with Gasteiger partial charge in [-0.15, -0.1) is 11.8 Å². The first kappa shape index (κ1) is 19.2. The first-order valence-electron chi connectivity index (χ1n) is 9.21. The Morgan fingerprint density at radius 3 is 2.96 bits per heavy atom. The highest BCUT2D eigenvalue weighted by Gasteiger charge is 2.31. The Morgan fingerprint density at radius 1 is 1.32 bits per heavy atom. The van der Waals surface area contributed by atoms with E-state index >= 15 is 0 Å². The van der Waals surface area contributed by atoms with Crippen LogP contribution in [0, 0.1) is 13.8 Å². The lowest BCUT2D eigenvalue weighted by atomic mass is 9.95. The van der Waals surface area contributed by atoms with Crippen molar-refractivity contribution in [3.8, 4) is 5.75 Å². The molecule has 5 nitrogen and oxygen atoms in total. The Morgan fingerprint density at radius 2 is 2.14 bits per heavy atom. The average Bonchev–Trinajstić information content (AvgIpc) is 2.63. The van der Waals surface area contributed by atoms with Crippen LogP contribution in [0.1, 0.15) is 35.6 Å². The van der Waals surface area contributed by atoms with Gasteiger partial charge in [-0.3, -0.25) is 9.59 Å². The summed E-state index contributed by atoms with van der Waals surface area (Å²) in [5.74, 6) is 0.550. The van der Waals surface area contributed by atoms with E-state index in [9.17, 15) is 9.59 Å². The van der Waals surface area contributed by atoms with Gasteiger partial charge in [0.25, 0.3) is 0 Å². The molecule has 4 rings (SSSR count). The molecule has 0 saturated carbocycles. The molecular weight excluding hydrogens is 396 g/mol. The molecule has 2 N–H and O–H groups in total. The second kappa shape index (κ2) is 7.68. The number of nitrogens with one attached hydrogen (secondary N) is 2. The van der Waals surface area contributed by atoms with E-state index in [2.05, 4.69) is 22.8 Å². The first-order chi connectivity index (χ1) is 13.4. The van der Waals surface area contributed by atoms with Crippen LogP contribution in [-0.4, -0.2) is 23.7 Å². The fraction of sp³-hybridized carbons (Fsp3) is 0.333. The quantitative estimate of drug-likeness (QED) is 0.778. The van der Waals surface area contributed by atoms with Gasteiger partial charge in [0.1, 0.15) is 5.75 Å². The van der Waals surface area contributed by atoms with E-state index in [1.165, 1.54) is 11.8 Å². The van der Waals surface area contributed by atoms with E-state index in [0.29, 0.717) is 23.7 Å². The van der Waals surface area contributed by atoms with E-state index < -0.39 is 5.25 Å². The molecule has 2 amide bonds.